The monoisotopic (exact) mass is 354 g/mol. The van der Waals surface area contributed by atoms with Crippen LogP contribution in [0.5, 0.6) is 5.75 Å². The maximum atomic E-state index is 10.0. The largest absolute Gasteiger partial charge is 0.504 e. The third-order valence-electron chi connectivity index (χ3n) is 3.37. The second kappa shape index (κ2) is 7.18. The summed E-state index contributed by atoms with van der Waals surface area (Å²) >= 11 is 17.3. The van der Waals surface area contributed by atoms with Gasteiger partial charge < -0.3 is 15.7 Å². The standard InChI is InChI=1S/C16H16Cl2N2OS/c1-9-5-3-4-6-11(9)8-19-16(22)20-13-7-12(17)10(2)14(18)15(13)21/h3-7,21H,8H2,1-2H3,(H2,19,20,22). The number of benzene rings is 2. The number of halogens is 2. The van der Waals surface area contributed by atoms with E-state index in [1.807, 2.05) is 31.2 Å². The molecule has 0 fully saturated rings. The van der Waals surface area contributed by atoms with Gasteiger partial charge in [0.2, 0.25) is 0 Å². The molecule has 3 N–H and O–H groups in total. The van der Waals surface area contributed by atoms with Gasteiger partial charge in [0.05, 0.1) is 10.7 Å². The van der Waals surface area contributed by atoms with Crippen molar-refractivity contribution in [1.29, 1.82) is 0 Å². The van der Waals surface area contributed by atoms with Crippen molar-refractivity contribution in [2.75, 3.05) is 5.32 Å². The Morgan fingerprint density at radius 1 is 1.23 bits per heavy atom. The minimum absolute atomic E-state index is 0.0661. The number of nitrogens with one attached hydrogen (secondary N) is 2. The molecule has 0 spiro atoms. The van der Waals surface area contributed by atoms with E-state index in [1.165, 1.54) is 5.56 Å². The Labute approximate surface area is 145 Å². The van der Waals surface area contributed by atoms with Crippen LogP contribution in [0.2, 0.25) is 10.0 Å². The van der Waals surface area contributed by atoms with E-state index in [1.54, 1.807) is 13.0 Å². The van der Waals surface area contributed by atoms with Crippen LogP contribution in [0.15, 0.2) is 30.3 Å². The summed E-state index contributed by atoms with van der Waals surface area (Å²) in [6.45, 7) is 4.37. The molecular weight excluding hydrogens is 339 g/mol. The van der Waals surface area contributed by atoms with Gasteiger partial charge in [-0.15, -0.1) is 0 Å². The SMILES string of the molecule is Cc1ccccc1CNC(=S)Nc1cc(Cl)c(C)c(Cl)c1O. The number of hydrogen-bond donors (Lipinski definition) is 3. The van der Waals surface area contributed by atoms with Crippen LogP contribution in [0.3, 0.4) is 0 Å². The molecule has 0 unspecified atom stereocenters. The molecule has 3 nitrogen and oxygen atoms in total. The Kier molecular flexibility index (Phi) is 5.51. The average Bonchev–Trinajstić information content (AvgIpc) is 2.49. The van der Waals surface area contributed by atoms with E-state index in [2.05, 4.69) is 10.6 Å². The van der Waals surface area contributed by atoms with Crippen LogP contribution in [-0.4, -0.2) is 10.2 Å². The first kappa shape index (κ1) is 16.9. The first-order chi connectivity index (χ1) is 10.4. The minimum Gasteiger partial charge on any atom is -0.504 e. The van der Waals surface area contributed by atoms with E-state index in [9.17, 15) is 5.11 Å². The predicted octanol–water partition coefficient (Wildman–Crippen LogP) is 4.80. The number of phenolic OH excluding ortho intramolecular Hbond substituents is 1. The van der Waals surface area contributed by atoms with Crippen molar-refractivity contribution < 1.29 is 5.11 Å². The van der Waals surface area contributed by atoms with E-state index in [4.69, 9.17) is 35.4 Å². The minimum atomic E-state index is -0.0661. The molecule has 2 rings (SSSR count). The number of anilines is 1. The van der Waals surface area contributed by atoms with Crippen LogP contribution in [0.25, 0.3) is 0 Å². The molecule has 6 heteroatoms. The molecule has 0 aliphatic carbocycles. The molecule has 0 atom stereocenters. The summed E-state index contributed by atoms with van der Waals surface area (Å²) in [6, 6.07) is 9.64. The molecule has 0 saturated carbocycles. The molecule has 0 radical (unpaired) electrons. The highest BCUT2D eigenvalue weighted by Gasteiger charge is 2.13. The fourth-order valence-electron chi connectivity index (χ4n) is 1.95. The number of thiocarbonyl (C=S) groups is 1. The zero-order valence-corrected chi connectivity index (χ0v) is 14.5. The van der Waals surface area contributed by atoms with Crippen molar-refractivity contribution in [3.63, 3.8) is 0 Å². The van der Waals surface area contributed by atoms with Gasteiger partial charge in [0, 0.05) is 11.6 Å². The lowest BCUT2D eigenvalue weighted by Gasteiger charge is -2.15. The van der Waals surface area contributed by atoms with Gasteiger partial charge in [-0.2, -0.15) is 0 Å². The number of aryl methyl sites for hydroxylation is 1. The molecule has 0 heterocycles. The summed E-state index contributed by atoms with van der Waals surface area (Å²) in [5.74, 6) is -0.0661. The third kappa shape index (κ3) is 3.83. The number of hydrogen-bond acceptors (Lipinski definition) is 2. The topological polar surface area (TPSA) is 44.3 Å². The lowest BCUT2D eigenvalue weighted by Crippen LogP contribution is -2.28. The molecule has 0 aliphatic heterocycles. The molecule has 2 aromatic carbocycles. The normalized spacial score (nSPS) is 10.4. The summed E-state index contributed by atoms with van der Waals surface area (Å²) in [7, 11) is 0. The van der Waals surface area contributed by atoms with Crippen molar-refractivity contribution in [3.05, 3.63) is 57.1 Å². The summed E-state index contributed by atoms with van der Waals surface area (Å²) in [6.07, 6.45) is 0. The zero-order valence-electron chi connectivity index (χ0n) is 12.2. The second-order valence-electron chi connectivity index (χ2n) is 4.93. The Balaban J connectivity index is 2.06. The van der Waals surface area contributed by atoms with E-state index < -0.39 is 0 Å². The average molecular weight is 355 g/mol. The predicted molar refractivity (Wildman–Crippen MR) is 97.1 cm³/mol. The van der Waals surface area contributed by atoms with Gasteiger partial charge in [-0.05, 0) is 48.8 Å². The van der Waals surface area contributed by atoms with E-state index >= 15 is 0 Å². The summed E-state index contributed by atoms with van der Waals surface area (Å²) in [5.41, 5.74) is 3.34. The molecule has 0 aliphatic rings. The lowest BCUT2D eigenvalue weighted by molar-refractivity contribution is 0.477. The van der Waals surface area contributed by atoms with Crippen molar-refractivity contribution in [2.24, 2.45) is 0 Å². The quantitative estimate of drug-likeness (QED) is 0.547. The molecular formula is C16H16Cl2N2OS. The van der Waals surface area contributed by atoms with Gasteiger partial charge >= 0.3 is 0 Å². The highest BCUT2D eigenvalue weighted by atomic mass is 35.5. The molecule has 2 aromatic rings. The zero-order chi connectivity index (χ0) is 16.3. The van der Waals surface area contributed by atoms with Crippen LogP contribution < -0.4 is 10.6 Å². The Bertz CT molecular complexity index is 720. The van der Waals surface area contributed by atoms with Crippen LogP contribution in [0.4, 0.5) is 5.69 Å². The van der Waals surface area contributed by atoms with Gasteiger partial charge in [0.1, 0.15) is 0 Å². The molecule has 22 heavy (non-hydrogen) atoms. The van der Waals surface area contributed by atoms with Crippen LogP contribution >= 0.6 is 35.4 Å². The van der Waals surface area contributed by atoms with E-state index in [0.717, 1.165) is 5.56 Å². The Hall–Kier alpha value is -1.49. The smallest absolute Gasteiger partial charge is 0.171 e. The van der Waals surface area contributed by atoms with Crippen molar-refractivity contribution in [3.8, 4) is 5.75 Å². The maximum Gasteiger partial charge on any atom is 0.171 e. The Morgan fingerprint density at radius 2 is 1.91 bits per heavy atom. The summed E-state index contributed by atoms with van der Waals surface area (Å²) < 4.78 is 0. The summed E-state index contributed by atoms with van der Waals surface area (Å²) in [4.78, 5) is 0. The van der Waals surface area contributed by atoms with Crippen molar-refractivity contribution in [2.45, 2.75) is 20.4 Å². The Morgan fingerprint density at radius 3 is 2.59 bits per heavy atom. The van der Waals surface area contributed by atoms with Crippen molar-refractivity contribution in [1.82, 2.24) is 5.32 Å². The fourth-order valence-corrected chi connectivity index (χ4v) is 2.59. The van der Waals surface area contributed by atoms with Gasteiger partial charge in [-0.1, -0.05) is 47.5 Å². The number of phenols is 1. The highest BCUT2D eigenvalue weighted by molar-refractivity contribution is 7.80. The van der Waals surface area contributed by atoms with Gasteiger partial charge in [0.25, 0.3) is 0 Å². The molecule has 0 aromatic heterocycles. The van der Waals surface area contributed by atoms with Crippen LogP contribution in [-0.2, 0) is 6.54 Å². The second-order valence-corrected chi connectivity index (χ2v) is 6.12. The lowest BCUT2D eigenvalue weighted by atomic mass is 10.1. The van der Waals surface area contributed by atoms with Gasteiger partial charge in [-0.25, -0.2) is 0 Å². The summed E-state index contributed by atoms with van der Waals surface area (Å²) in [5, 5.41) is 17.1. The first-order valence-corrected chi connectivity index (χ1v) is 7.83. The number of rotatable bonds is 3. The van der Waals surface area contributed by atoms with E-state index in [-0.39, 0.29) is 10.8 Å². The maximum absolute atomic E-state index is 10.0. The van der Waals surface area contributed by atoms with E-state index in [0.29, 0.717) is 27.9 Å². The van der Waals surface area contributed by atoms with Crippen molar-refractivity contribution >= 4 is 46.2 Å². The third-order valence-corrected chi connectivity index (χ3v) is 4.47. The first-order valence-electron chi connectivity index (χ1n) is 6.67. The number of aromatic hydroxyl groups is 1. The molecule has 0 saturated heterocycles. The molecule has 116 valence electrons. The molecule has 0 amide bonds. The highest BCUT2D eigenvalue weighted by Crippen LogP contribution is 2.38. The van der Waals surface area contributed by atoms with Crippen LogP contribution in [0, 0.1) is 13.8 Å². The van der Waals surface area contributed by atoms with Crippen LogP contribution in [0.1, 0.15) is 16.7 Å². The van der Waals surface area contributed by atoms with Gasteiger partial charge in [-0.3, -0.25) is 0 Å². The fraction of sp³-hybridized carbons (Fsp3) is 0.188. The molecule has 0 bridgehead atoms. The van der Waals surface area contributed by atoms with Gasteiger partial charge in [0.15, 0.2) is 10.9 Å².